The van der Waals surface area contributed by atoms with Crippen molar-refractivity contribution in [2.45, 2.75) is 27.3 Å². The Morgan fingerprint density at radius 3 is 2.79 bits per heavy atom. The Hall–Kier alpha value is -0.780. The third kappa shape index (κ3) is 5.06. The quantitative estimate of drug-likeness (QED) is 0.593. The highest BCUT2D eigenvalue weighted by atomic mass is 32.1. The maximum Gasteiger partial charge on any atom is 0.0579 e. The smallest absolute Gasteiger partial charge is 0.0579 e. The highest BCUT2D eigenvalue weighted by molar-refractivity contribution is 7.09. The highest BCUT2D eigenvalue weighted by Crippen LogP contribution is 2.09. The van der Waals surface area contributed by atoms with Gasteiger partial charge in [-0.25, -0.2) is 0 Å². The largest absolute Gasteiger partial charge is 0.301 e. The Morgan fingerprint density at radius 1 is 1.43 bits per heavy atom. The molecule has 0 aliphatic rings. The first kappa shape index (κ1) is 11.3. The maximum atomic E-state index is 3.30. The van der Waals surface area contributed by atoms with E-state index in [1.807, 2.05) is 0 Å². The molecular weight excluding hydrogens is 190 g/mol. The van der Waals surface area contributed by atoms with Crippen molar-refractivity contribution in [1.82, 2.24) is 5.32 Å². The van der Waals surface area contributed by atoms with Crippen LogP contribution in [0.5, 0.6) is 0 Å². The minimum Gasteiger partial charge on any atom is -0.301 e. The third-order valence-electron chi connectivity index (χ3n) is 1.56. The second-order valence-corrected chi connectivity index (χ2v) is 5.27. The van der Waals surface area contributed by atoms with Crippen LogP contribution in [-0.2, 0) is 6.54 Å². The van der Waals surface area contributed by atoms with E-state index in [2.05, 4.69) is 55.4 Å². The van der Waals surface area contributed by atoms with E-state index in [1.165, 1.54) is 4.88 Å². The zero-order valence-electron chi connectivity index (χ0n) is 9.05. The summed E-state index contributed by atoms with van der Waals surface area (Å²) in [6.45, 7) is 8.07. The van der Waals surface area contributed by atoms with Crippen LogP contribution in [0.1, 0.15) is 25.6 Å². The van der Waals surface area contributed by atoms with E-state index in [0.29, 0.717) is 0 Å². The van der Waals surface area contributed by atoms with Crippen molar-refractivity contribution in [2.75, 3.05) is 6.54 Å². The van der Waals surface area contributed by atoms with Crippen molar-refractivity contribution < 1.29 is 0 Å². The molecule has 0 aliphatic carbocycles. The van der Waals surface area contributed by atoms with Crippen LogP contribution < -0.4 is 5.32 Å². The van der Waals surface area contributed by atoms with Gasteiger partial charge in [0.25, 0.3) is 0 Å². The van der Waals surface area contributed by atoms with Crippen LogP contribution >= 0.6 is 11.3 Å². The van der Waals surface area contributed by atoms with Crippen LogP contribution in [0, 0.1) is 17.3 Å². The molecule has 1 rings (SSSR count). The van der Waals surface area contributed by atoms with Gasteiger partial charge in [-0.2, -0.15) is 0 Å². The van der Waals surface area contributed by atoms with E-state index in [0.717, 1.165) is 13.1 Å². The molecule has 1 aromatic rings. The molecule has 0 amide bonds. The fourth-order valence-electron chi connectivity index (χ4n) is 0.971. The lowest BCUT2D eigenvalue weighted by molar-refractivity contribution is 0.570. The summed E-state index contributed by atoms with van der Waals surface area (Å²) in [5, 5.41) is 5.39. The van der Waals surface area contributed by atoms with Gasteiger partial charge in [0.1, 0.15) is 0 Å². The summed E-state index contributed by atoms with van der Waals surface area (Å²) >= 11 is 1.78. The molecule has 0 aromatic carbocycles. The van der Waals surface area contributed by atoms with Crippen molar-refractivity contribution >= 4 is 11.3 Å². The van der Waals surface area contributed by atoms with Crippen molar-refractivity contribution in [1.29, 1.82) is 0 Å². The van der Waals surface area contributed by atoms with Gasteiger partial charge in [0.05, 0.1) is 6.54 Å². The van der Waals surface area contributed by atoms with Gasteiger partial charge in [-0.3, -0.25) is 0 Å². The summed E-state index contributed by atoms with van der Waals surface area (Å²) in [6, 6.07) is 4.21. The van der Waals surface area contributed by atoms with E-state index in [4.69, 9.17) is 0 Å². The number of rotatable bonds is 3. The lowest BCUT2D eigenvalue weighted by Gasteiger charge is -2.06. The molecule has 0 fully saturated rings. The summed E-state index contributed by atoms with van der Waals surface area (Å²) in [4.78, 5) is 1.36. The van der Waals surface area contributed by atoms with E-state index in [-0.39, 0.29) is 5.41 Å². The monoisotopic (exact) mass is 207 g/mol. The molecule has 1 nitrogen and oxygen atoms in total. The molecule has 14 heavy (non-hydrogen) atoms. The average Bonchev–Trinajstić information content (AvgIpc) is 2.54. The fourth-order valence-corrected chi connectivity index (χ4v) is 1.65. The standard InChI is InChI=1S/C12H17NS/c1-12(2,3)7-5-8-13-10-11-6-4-9-14-11/h4,6,9,13H,8,10H2,1-3H3. The summed E-state index contributed by atoms with van der Waals surface area (Å²) in [7, 11) is 0. The molecule has 0 aliphatic heterocycles. The first-order chi connectivity index (χ1) is 6.58. The molecule has 1 N–H and O–H groups in total. The molecular formula is C12H17NS. The van der Waals surface area contributed by atoms with E-state index >= 15 is 0 Å². The number of hydrogen-bond donors (Lipinski definition) is 1. The van der Waals surface area contributed by atoms with Gasteiger partial charge < -0.3 is 5.32 Å². The Labute approximate surface area is 90.5 Å². The molecule has 0 saturated heterocycles. The predicted molar refractivity (Wildman–Crippen MR) is 63.3 cm³/mol. The van der Waals surface area contributed by atoms with E-state index in [1.54, 1.807) is 11.3 Å². The molecule has 0 atom stereocenters. The van der Waals surface area contributed by atoms with Gasteiger partial charge >= 0.3 is 0 Å². The Kier molecular flexibility index (Phi) is 4.19. The Morgan fingerprint density at radius 2 is 2.21 bits per heavy atom. The van der Waals surface area contributed by atoms with Crippen LogP contribution in [0.2, 0.25) is 0 Å². The molecule has 1 aromatic heterocycles. The van der Waals surface area contributed by atoms with E-state index in [9.17, 15) is 0 Å². The molecule has 0 unspecified atom stereocenters. The van der Waals surface area contributed by atoms with Gasteiger partial charge in [-0.15, -0.1) is 11.3 Å². The molecule has 0 bridgehead atoms. The van der Waals surface area contributed by atoms with Crippen molar-refractivity contribution in [3.8, 4) is 11.8 Å². The molecule has 0 radical (unpaired) electrons. The number of hydrogen-bond acceptors (Lipinski definition) is 2. The summed E-state index contributed by atoms with van der Waals surface area (Å²) in [6.07, 6.45) is 0. The molecule has 1 heterocycles. The second-order valence-electron chi connectivity index (χ2n) is 4.23. The van der Waals surface area contributed by atoms with Crippen molar-refractivity contribution in [3.63, 3.8) is 0 Å². The Balaban J connectivity index is 2.19. The topological polar surface area (TPSA) is 12.0 Å². The number of nitrogens with one attached hydrogen (secondary N) is 1. The van der Waals surface area contributed by atoms with Crippen LogP contribution in [0.3, 0.4) is 0 Å². The first-order valence-electron chi connectivity index (χ1n) is 4.81. The summed E-state index contributed by atoms with van der Waals surface area (Å²) in [5.74, 6) is 6.32. The van der Waals surface area contributed by atoms with Gasteiger partial charge in [-0.05, 0) is 32.2 Å². The van der Waals surface area contributed by atoms with Crippen molar-refractivity contribution in [3.05, 3.63) is 22.4 Å². The molecule has 76 valence electrons. The minimum atomic E-state index is 0.116. The summed E-state index contributed by atoms with van der Waals surface area (Å²) in [5.41, 5.74) is 0.116. The third-order valence-corrected chi connectivity index (χ3v) is 2.43. The lowest BCUT2D eigenvalue weighted by Crippen LogP contribution is -2.13. The van der Waals surface area contributed by atoms with Gasteiger partial charge in [0.15, 0.2) is 0 Å². The van der Waals surface area contributed by atoms with Crippen molar-refractivity contribution in [2.24, 2.45) is 5.41 Å². The zero-order valence-corrected chi connectivity index (χ0v) is 9.87. The van der Waals surface area contributed by atoms with Crippen LogP contribution in [0.4, 0.5) is 0 Å². The highest BCUT2D eigenvalue weighted by Gasteiger charge is 2.02. The van der Waals surface area contributed by atoms with E-state index < -0.39 is 0 Å². The molecule has 0 spiro atoms. The van der Waals surface area contributed by atoms with Crippen LogP contribution in [0.25, 0.3) is 0 Å². The van der Waals surface area contributed by atoms with Crippen LogP contribution in [-0.4, -0.2) is 6.54 Å². The fraction of sp³-hybridized carbons (Fsp3) is 0.500. The minimum absolute atomic E-state index is 0.116. The van der Waals surface area contributed by atoms with Gasteiger partial charge in [0, 0.05) is 16.8 Å². The van der Waals surface area contributed by atoms with Gasteiger partial charge in [0.2, 0.25) is 0 Å². The maximum absolute atomic E-state index is 3.30. The lowest BCUT2D eigenvalue weighted by atomic mass is 9.98. The second kappa shape index (κ2) is 5.19. The first-order valence-corrected chi connectivity index (χ1v) is 5.69. The van der Waals surface area contributed by atoms with Crippen LogP contribution in [0.15, 0.2) is 17.5 Å². The molecule has 0 saturated carbocycles. The summed E-state index contributed by atoms with van der Waals surface area (Å²) < 4.78 is 0. The SMILES string of the molecule is CC(C)(C)C#CCNCc1cccs1. The Bertz CT molecular complexity index is 308. The number of thiophene rings is 1. The van der Waals surface area contributed by atoms with Gasteiger partial charge in [-0.1, -0.05) is 17.9 Å². The normalized spacial score (nSPS) is 10.8. The molecule has 2 heteroatoms. The average molecular weight is 207 g/mol. The predicted octanol–water partition coefficient (Wildman–Crippen LogP) is 2.89. The zero-order chi connectivity index (χ0) is 10.4.